The third kappa shape index (κ3) is 3.78. The summed E-state index contributed by atoms with van der Waals surface area (Å²) in [7, 11) is 1.20. The summed E-state index contributed by atoms with van der Waals surface area (Å²) in [6.45, 7) is 0. The fourth-order valence-electron chi connectivity index (χ4n) is 1.39. The zero-order valence-corrected chi connectivity index (χ0v) is 9.74. The topological polar surface area (TPSA) is 96.2 Å². The Labute approximate surface area is 104 Å². The Kier molecular flexibility index (Phi) is 5.20. The number of hydrogen-bond donors (Lipinski definition) is 2. The van der Waals surface area contributed by atoms with Gasteiger partial charge in [0.1, 0.15) is 6.10 Å². The molecule has 1 aromatic rings. The maximum absolute atomic E-state index is 10.9. The van der Waals surface area contributed by atoms with Crippen LogP contribution in [0.3, 0.4) is 0 Å². The zero-order valence-electron chi connectivity index (χ0n) is 9.74. The fraction of sp³-hybridized carbons (Fsp3) is 0.333. The number of isocyanates is 1. The van der Waals surface area contributed by atoms with E-state index in [1.165, 1.54) is 37.5 Å². The number of ether oxygens (including phenoxy) is 1. The largest absolute Gasteiger partial charge is 0.469 e. The Hall–Kier alpha value is -2.01. The Morgan fingerprint density at radius 3 is 2.50 bits per heavy atom. The van der Waals surface area contributed by atoms with Crippen LogP contribution in [0.4, 0.5) is 5.69 Å². The number of aliphatic imine (C=N–C) groups is 1. The van der Waals surface area contributed by atoms with Gasteiger partial charge in [0.2, 0.25) is 6.08 Å². The molecule has 0 aliphatic rings. The Balaban J connectivity index is 2.73. The van der Waals surface area contributed by atoms with Crippen LogP contribution >= 0.6 is 0 Å². The van der Waals surface area contributed by atoms with E-state index in [1.807, 2.05) is 0 Å². The number of aliphatic hydroxyl groups is 2. The third-order valence-corrected chi connectivity index (χ3v) is 2.38. The minimum Gasteiger partial charge on any atom is -0.469 e. The van der Waals surface area contributed by atoms with Crippen molar-refractivity contribution in [2.24, 2.45) is 4.99 Å². The van der Waals surface area contributed by atoms with Gasteiger partial charge in [-0.3, -0.25) is 4.79 Å². The highest BCUT2D eigenvalue weighted by Crippen LogP contribution is 2.22. The van der Waals surface area contributed by atoms with Crippen molar-refractivity contribution in [3.8, 4) is 0 Å². The highest BCUT2D eigenvalue weighted by atomic mass is 16.5. The predicted molar refractivity (Wildman–Crippen MR) is 61.8 cm³/mol. The van der Waals surface area contributed by atoms with E-state index in [-0.39, 0.29) is 6.42 Å². The van der Waals surface area contributed by atoms with Gasteiger partial charge in [0.25, 0.3) is 0 Å². The summed E-state index contributed by atoms with van der Waals surface area (Å²) in [4.78, 5) is 24.4. The van der Waals surface area contributed by atoms with Gasteiger partial charge in [-0.1, -0.05) is 12.1 Å². The van der Waals surface area contributed by atoms with Crippen LogP contribution in [0, 0.1) is 0 Å². The van der Waals surface area contributed by atoms with E-state index in [0.29, 0.717) is 11.3 Å². The quantitative estimate of drug-likeness (QED) is 0.454. The van der Waals surface area contributed by atoms with Crippen LogP contribution in [-0.4, -0.2) is 35.5 Å². The summed E-state index contributed by atoms with van der Waals surface area (Å²) in [6.07, 6.45) is -1.37. The van der Waals surface area contributed by atoms with Crippen molar-refractivity contribution < 1.29 is 24.5 Å². The maximum Gasteiger partial charge on any atom is 0.308 e. The van der Waals surface area contributed by atoms with E-state index in [9.17, 15) is 19.8 Å². The number of rotatable bonds is 5. The van der Waals surface area contributed by atoms with Crippen molar-refractivity contribution in [3.05, 3.63) is 29.8 Å². The van der Waals surface area contributed by atoms with Crippen LogP contribution < -0.4 is 0 Å². The van der Waals surface area contributed by atoms with Gasteiger partial charge in [0.15, 0.2) is 0 Å². The van der Waals surface area contributed by atoms with E-state index in [2.05, 4.69) is 9.73 Å². The number of aliphatic hydroxyl groups excluding tert-OH is 2. The first-order valence-electron chi connectivity index (χ1n) is 5.19. The molecule has 2 unspecified atom stereocenters. The SMILES string of the molecule is COC(=O)CC(O)C(O)c1ccc(N=C=O)cc1. The molecule has 0 amide bonds. The molecular formula is C12H13NO5. The second-order valence-electron chi connectivity index (χ2n) is 3.59. The molecule has 0 fully saturated rings. The van der Waals surface area contributed by atoms with Crippen molar-refractivity contribution in [2.45, 2.75) is 18.6 Å². The first-order chi connectivity index (χ1) is 8.58. The van der Waals surface area contributed by atoms with Crippen molar-refractivity contribution in [2.75, 3.05) is 7.11 Å². The molecule has 6 heteroatoms. The number of benzene rings is 1. The molecule has 0 saturated heterocycles. The molecule has 96 valence electrons. The molecule has 0 bridgehead atoms. The highest BCUT2D eigenvalue weighted by molar-refractivity contribution is 5.69. The minimum atomic E-state index is -1.25. The molecule has 0 aliphatic carbocycles. The second kappa shape index (κ2) is 6.66. The molecule has 0 aromatic heterocycles. The lowest BCUT2D eigenvalue weighted by Gasteiger charge is -2.17. The third-order valence-electron chi connectivity index (χ3n) is 2.38. The van der Waals surface area contributed by atoms with Crippen LogP contribution in [0.15, 0.2) is 29.3 Å². The maximum atomic E-state index is 10.9. The number of carbonyl (C=O) groups is 1. The van der Waals surface area contributed by atoms with Crippen molar-refractivity contribution in [1.29, 1.82) is 0 Å². The Bertz CT molecular complexity index is 450. The van der Waals surface area contributed by atoms with E-state index in [1.54, 1.807) is 0 Å². The molecule has 1 aromatic carbocycles. The van der Waals surface area contributed by atoms with Gasteiger partial charge in [0, 0.05) is 0 Å². The fourth-order valence-corrected chi connectivity index (χ4v) is 1.39. The zero-order chi connectivity index (χ0) is 13.5. The van der Waals surface area contributed by atoms with Gasteiger partial charge in [-0.25, -0.2) is 4.79 Å². The molecule has 18 heavy (non-hydrogen) atoms. The van der Waals surface area contributed by atoms with E-state index in [0.717, 1.165) is 0 Å². The molecular weight excluding hydrogens is 238 g/mol. The summed E-state index contributed by atoms with van der Waals surface area (Å²) in [5, 5.41) is 19.4. The number of hydrogen-bond acceptors (Lipinski definition) is 6. The lowest BCUT2D eigenvalue weighted by molar-refractivity contribution is -0.144. The van der Waals surface area contributed by atoms with Crippen LogP contribution in [0.5, 0.6) is 0 Å². The summed E-state index contributed by atoms with van der Waals surface area (Å²) < 4.78 is 4.39. The summed E-state index contributed by atoms with van der Waals surface area (Å²) in [5.41, 5.74) is 0.805. The standard InChI is InChI=1S/C12H13NO5/c1-18-11(16)6-10(15)12(17)8-2-4-9(5-3-8)13-7-14/h2-5,10,12,15,17H,6H2,1H3. The average Bonchev–Trinajstić information content (AvgIpc) is 2.39. The van der Waals surface area contributed by atoms with Crippen LogP contribution in [0.1, 0.15) is 18.1 Å². The lowest BCUT2D eigenvalue weighted by atomic mass is 10.0. The average molecular weight is 251 g/mol. The van der Waals surface area contributed by atoms with Gasteiger partial charge in [-0.2, -0.15) is 4.99 Å². The van der Waals surface area contributed by atoms with E-state index in [4.69, 9.17) is 0 Å². The van der Waals surface area contributed by atoms with Crippen molar-refractivity contribution in [3.63, 3.8) is 0 Å². The summed E-state index contributed by atoms with van der Waals surface area (Å²) in [6, 6.07) is 5.99. The van der Waals surface area contributed by atoms with Gasteiger partial charge >= 0.3 is 5.97 Å². The van der Waals surface area contributed by atoms with Gasteiger partial charge in [-0.15, -0.1) is 0 Å². The summed E-state index contributed by atoms with van der Waals surface area (Å²) in [5.74, 6) is -0.608. The molecule has 0 heterocycles. The first-order valence-corrected chi connectivity index (χ1v) is 5.19. The molecule has 2 N–H and O–H groups in total. The van der Waals surface area contributed by atoms with Gasteiger partial charge in [0.05, 0.1) is 25.3 Å². The van der Waals surface area contributed by atoms with E-state index >= 15 is 0 Å². The summed E-state index contributed by atoms with van der Waals surface area (Å²) >= 11 is 0. The normalized spacial score (nSPS) is 13.3. The number of carbonyl (C=O) groups excluding carboxylic acids is 2. The lowest BCUT2D eigenvalue weighted by Crippen LogP contribution is -2.22. The first kappa shape index (κ1) is 14.1. The Morgan fingerprint density at radius 1 is 1.39 bits per heavy atom. The van der Waals surface area contributed by atoms with Crippen LogP contribution in [0.2, 0.25) is 0 Å². The molecule has 0 saturated carbocycles. The number of nitrogens with zero attached hydrogens (tertiary/aromatic N) is 1. The van der Waals surface area contributed by atoms with Crippen LogP contribution in [0.25, 0.3) is 0 Å². The van der Waals surface area contributed by atoms with Gasteiger partial charge < -0.3 is 14.9 Å². The number of esters is 1. The minimum absolute atomic E-state index is 0.300. The number of methoxy groups -OCH3 is 1. The van der Waals surface area contributed by atoms with E-state index < -0.39 is 18.2 Å². The molecule has 6 nitrogen and oxygen atoms in total. The smallest absolute Gasteiger partial charge is 0.308 e. The second-order valence-corrected chi connectivity index (χ2v) is 3.59. The van der Waals surface area contributed by atoms with Crippen molar-refractivity contribution >= 4 is 17.7 Å². The monoisotopic (exact) mass is 251 g/mol. The van der Waals surface area contributed by atoms with Crippen molar-refractivity contribution in [1.82, 2.24) is 0 Å². The predicted octanol–water partition coefficient (Wildman–Crippen LogP) is 0.611. The van der Waals surface area contributed by atoms with Gasteiger partial charge in [-0.05, 0) is 17.7 Å². The molecule has 0 spiro atoms. The molecule has 0 aliphatic heterocycles. The molecule has 2 atom stereocenters. The van der Waals surface area contributed by atoms with Crippen LogP contribution in [-0.2, 0) is 14.3 Å². The molecule has 0 radical (unpaired) electrons. The molecule has 1 rings (SSSR count). The highest BCUT2D eigenvalue weighted by Gasteiger charge is 2.21. The Morgan fingerprint density at radius 2 is 2.00 bits per heavy atom.